The zero-order valence-electron chi connectivity index (χ0n) is 12.0. The highest BCUT2D eigenvalue weighted by molar-refractivity contribution is 5.93. The number of amides is 1. The summed E-state index contributed by atoms with van der Waals surface area (Å²) in [5, 5.41) is 0. The Bertz CT molecular complexity index is 479. The summed E-state index contributed by atoms with van der Waals surface area (Å²) in [4.78, 5) is 13.7. The lowest BCUT2D eigenvalue weighted by Crippen LogP contribution is -2.44. The van der Waals surface area contributed by atoms with Crippen molar-refractivity contribution in [1.82, 2.24) is 10.3 Å². The Morgan fingerprint density at radius 1 is 1.29 bits per heavy atom. The molecule has 0 spiro atoms. The van der Waals surface area contributed by atoms with Crippen LogP contribution in [0.4, 0.5) is 0 Å². The first-order valence-corrected chi connectivity index (χ1v) is 7.36. The number of hydrazine groups is 1. The molecule has 1 aromatic carbocycles. The first-order valence-electron chi connectivity index (χ1n) is 7.36. The molecule has 6 heteroatoms. The van der Waals surface area contributed by atoms with Crippen molar-refractivity contribution in [3.63, 3.8) is 0 Å². The molecular formula is C15H21N3O3. The van der Waals surface area contributed by atoms with Crippen LogP contribution in [0.2, 0.25) is 0 Å². The molecule has 21 heavy (non-hydrogen) atoms. The van der Waals surface area contributed by atoms with E-state index in [1.165, 1.54) is 12.8 Å². The lowest BCUT2D eigenvalue weighted by atomic mass is 10.2. The van der Waals surface area contributed by atoms with E-state index in [1.54, 1.807) is 24.3 Å². The summed E-state index contributed by atoms with van der Waals surface area (Å²) in [5.41, 5.74) is 2.63. The molecule has 2 saturated heterocycles. The maximum Gasteiger partial charge on any atom is 0.265 e. The highest BCUT2D eigenvalue weighted by Gasteiger charge is 2.33. The van der Waals surface area contributed by atoms with Crippen LogP contribution in [0, 0.1) is 0 Å². The van der Waals surface area contributed by atoms with Gasteiger partial charge in [-0.05, 0) is 37.1 Å². The molecule has 0 saturated carbocycles. The van der Waals surface area contributed by atoms with Gasteiger partial charge in [0.2, 0.25) is 0 Å². The van der Waals surface area contributed by atoms with Gasteiger partial charge in [0.25, 0.3) is 5.91 Å². The molecule has 0 radical (unpaired) electrons. The fourth-order valence-corrected chi connectivity index (χ4v) is 2.96. The van der Waals surface area contributed by atoms with Crippen molar-refractivity contribution < 1.29 is 14.3 Å². The van der Waals surface area contributed by atoms with Gasteiger partial charge in [0, 0.05) is 25.2 Å². The number of ether oxygens (including phenoxy) is 2. The van der Waals surface area contributed by atoms with Gasteiger partial charge in [-0.1, -0.05) is 0 Å². The molecule has 3 N–H and O–H groups in total. The number of carbonyl (C=O) groups is 1. The molecule has 0 aliphatic carbocycles. The Hall–Kier alpha value is -1.63. The molecule has 6 nitrogen and oxygen atoms in total. The van der Waals surface area contributed by atoms with E-state index < -0.39 is 0 Å². The summed E-state index contributed by atoms with van der Waals surface area (Å²) >= 11 is 0. The van der Waals surface area contributed by atoms with Crippen LogP contribution in [0.15, 0.2) is 24.3 Å². The lowest BCUT2D eigenvalue weighted by molar-refractivity contribution is -0.0408. The summed E-state index contributed by atoms with van der Waals surface area (Å²) in [6.45, 7) is 3.56. The van der Waals surface area contributed by atoms with Gasteiger partial charge in [-0.2, -0.15) is 0 Å². The average Bonchev–Trinajstić information content (AvgIpc) is 2.86. The SMILES string of the molecule is NNC(=O)c1ccc(OCCN2CC3CCC(C2)O3)cc1. The van der Waals surface area contributed by atoms with Gasteiger partial charge in [0.15, 0.2) is 0 Å². The minimum atomic E-state index is -0.301. The Kier molecular flexibility index (Phi) is 4.38. The summed E-state index contributed by atoms with van der Waals surface area (Å²) < 4.78 is 11.5. The van der Waals surface area contributed by atoms with Crippen LogP contribution in [0.25, 0.3) is 0 Å². The Labute approximate surface area is 124 Å². The maximum atomic E-state index is 11.3. The van der Waals surface area contributed by atoms with Crippen molar-refractivity contribution in [1.29, 1.82) is 0 Å². The van der Waals surface area contributed by atoms with Crippen molar-refractivity contribution in [3.05, 3.63) is 29.8 Å². The predicted molar refractivity (Wildman–Crippen MR) is 77.9 cm³/mol. The fraction of sp³-hybridized carbons (Fsp3) is 0.533. The number of benzene rings is 1. The quantitative estimate of drug-likeness (QED) is 0.470. The number of nitrogens with zero attached hydrogens (tertiary/aromatic N) is 1. The van der Waals surface area contributed by atoms with Crippen LogP contribution in [0.3, 0.4) is 0 Å². The van der Waals surface area contributed by atoms with Crippen LogP contribution in [0.1, 0.15) is 23.2 Å². The van der Waals surface area contributed by atoms with E-state index in [2.05, 4.69) is 10.3 Å². The Morgan fingerprint density at radius 3 is 2.57 bits per heavy atom. The third-order valence-electron chi connectivity index (χ3n) is 4.04. The number of nitrogens with one attached hydrogen (secondary N) is 1. The zero-order chi connectivity index (χ0) is 14.7. The number of rotatable bonds is 5. The number of nitrogen functional groups attached to an aromatic ring is 1. The van der Waals surface area contributed by atoms with Crippen LogP contribution in [-0.4, -0.2) is 49.3 Å². The highest BCUT2D eigenvalue weighted by atomic mass is 16.5. The number of nitrogens with two attached hydrogens (primary N) is 1. The summed E-state index contributed by atoms with van der Waals surface area (Å²) in [6, 6.07) is 6.97. The van der Waals surface area contributed by atoms with Gasteiger partial charge in [0.1, 0.15) is 12.4 Å². The number of likely N-dealkylation sites (tertiary alicyclic amines) is 1. The Balaban J connectivity index is 1.44. The van der Waals surface area contributed by atoms with Gasteiger partial charge in [0.05, 0.1) is 12.2 Å². The first-order chi connectivity index (χ1) is 10.2. The molecule has 2 unspecified atom stereocenters. The first kappa shape index (κ1) is 14.3. The largest absolute Gasteiger partial charge is 0.492 e. The van der Waals surface area contributed by atoms with E-state index in [9.17, 15) is 4.79 Å². The van der Waals surface area contributed by atoms with Crippen LogP contribution in [0.5, 0.6) is 5.75 Å². The van der Waals surface area contributed by atoms with E-state index in [-0.39, 0.29) is 5.91 Å². The number of hydrogen-bond acceptors (Lipinski definition) is 5. The second-order valence-corrected chi connectivity index (χ2v) is 5.56. The van der Waals surface area contributed by atoms with Crippen molar-refractivity contribution in [2.24, 2.45) is 5.84 Å². The van der Waals surface area contributed by atoms with Crippen LogP contribution < -0.4 is 16.0 Å². The van der Waals surface area contributed by atoms with Gasteiger partial charge in [-0.15, -0.1) is 0 Å². The minimum Gasteiger partial charge on any atom is -0.492 e. The van der Waals surface area contributed by atoms with E-state index in [0.717, 1.165) is 25.4 Å². The molecule has 2 atom stereocenters. The van der Waals surface area contributed by atoms with E-state index in [4.69, 9.17) is 15.3 Å². The minimum absolute atomic E-state index is 0.301. The van der Waals surface area contributed by atoms with Crippen molar-refractivity contribution >= 4 is 5.91 Å². The molecule has 2 fully saturated rings. The molecule has 3 rings (SSSR count). The number of carbonyl (C=O) groups excluding carboxylic acids is 1. The fourth-order valence-electron chi connectivity index (χ4n) is 2.96. The molecule has 2 heterocycles. The van der Waals surface area contributed by atoms with E-state index in [0.29, 0.717) is 24.4 Å². The molecule has 114 valence electrons. The van der Waals surface area contributed by atoms with Crippen molar-refractivity contribution in [2.45, 2.75) is 25.0 Å². The molecular weight excluding hydrogens is 270 g/mol. The highest BCUT2D eigenvalue weighted by Crippen LogP contribution is 2.25. The number of morpholine rings is 1. The normalized spacial score (nSPS) is 24.8. The van der Waals surface area contributed by atoms with Crippen LogP contribution >= 0.6 is 0 Å². The van der Waals surface area contributed by atoms with Crippen LogP contribution in [-0.2, 0) is 4.74 Å². The second kappa shape index (κ2) is 6.43. The summed E-state index contributed by atoms with van der Waals surface area (Å²) in [6.07, 6.45) is 3.20. The number of fused-ring (bicyclic) bond motifs is 2. The van der Waals surface area contributed by atoms with Gasteiger partial charge < -0.3 is 9.47 Å². The van der Waals surface area contributed by atoms with E-state index >= 15 is 0 Å². The average molecular weight is 291 g/mol. The summed E-state index contributed by atoms with van der Waals surface area (Å²) in [7, 11) is 0. The Morgan fingerprint density at radius 2 is 1.95 bits per heavy atom. The molecule has 2 aliphatic heterocycles. The van der Waals surface area contributed by atoms with Crippen molar-refractivity contribution in [3.8, 4) is 5.75 Å². The standard InChI is InChI=1S/C15H21N3O3/c16-17-15(19)11-1-3-12(4-2-11)20-8-7-18-9-13-5-6-14(10-18)21-13/h1-4,13-14H,5-10,16H2,(H,17,19). The topological polar surface area (TPSA) is 76.8 Å². The monoisotopic (exact) mass is 291 g/mol. The second-order valence-electron chi connectivity index (χ2n) is 5.56. The molecule has 0 aromatic heterocycles. The molecule has 2 aliphatic rings. The number of hydrogen-bond donors (Lipinski definition) is 2. The lowest BCUT2D eigenvalue weighted by Gasteiger charge is -2.31. The van der Waals surface area contributed by atoms with Gasteiger partial charge in [-0.3, -0.25) is 15.1 Å². The molecule has 1 aromatic rings. The third kappa shape index (κ3) is 3.53. The molecule has 2 bridgehead atoms. The smallest absolute Gasteiger partial charge is 0.265 e. The van der Waals surface area contributed by atoms with E-state index in [1.807, 2.05) is 0 Å². The maximum absolute atomic E-state index is 11.3. The third-order valence-corrected chi connectivity index (χ3v) is 4.04. The summed E-state index contributed by atoms with van der Waals surface area (Å²) in [5.74, 6) is 5.55. The zero-order valence-corrected chi connectivity index (χ0v) is 12.0. The van der Waals surface area contributed by atoms with Crippen molar-refractivity contribution in [2.75, 3.05) is 26.2 Å². The van der Waals surface area contributed by atoms with Gasteiger partial charge >= 0.3 is 0 Å². The predicted octanol–water partition coefficient (Wildman–Crippen LogP) is 0.532. The van der Waals surface area contributed by atoms with Gasteiger partial charge in [-0.25, -0.2) is 5.84 Å². The molecule has 1 amide bonds.